The highest BCUT2D eigenvalue weighted by molar-refractivity contribution is 9.10. The van der Waals surface area contributed by atoms with E-state index in [1.807, 2.05) is 18.2 Å². The molecule has 1 aromatic rings. The van der Waals surface area contributed by atoms with Crippen LogP contribution in [-0.2, 0) is 10.3 Å². The summed E-state index contributed by atoms with van der Waals surface area (Å²) < 4.78 is 7.12. The second-order valence-corrected chi connectivity index (χ2v) is 7.04. The maximum absolute atomic E-state index is 12.5. The second-order valence-electron chi connectivity index (χ2n) is 6.12. The van der Waals surface area contributed by atoms with Crippen LogP contribution in [0.3, 0.4) is 0 Å². The van der Waals surface area contributed by atoms with Crippen LogP contribution in [0.25, 0.3) is 0 Å². The monoisotopic (exact) mass is 350 g/mol. The smallest absolute Gasteiger partial charge is 0.322 e. The van der Waals surface area contributed by atoms with Crippen molar-refractivity contribution in [2.75, 3.05) is 0 Å². The van der Waals surface area contributed by atoms with Crippen LogP contribution in [0.4, 0.5) is 4.79 Å². The first-order chi connectivity index (χ1) is 10.0. The minimum atomic E-state index is -1.00. The Labute approximate surface area is 130 Å². The average Bonchev–Trinajstić information content (AvgIpc) is 2.97. The molecule has 110 valence electrons. The highest BCUT2D eigenvalue weighted by Crippen LogP contribution is 2.51. The number of hydrogen-bond acceptors (Lipinski definition) is 3. The molecule has 1 atom stereocenters. The van der Waals surface area contributed by atoms with Gasteiger partial charge in [0.05, 0.1) is 0 Å². The van der Waals surface area contributed by atoms with Gasteiger partial charge in [-0.15, -0.1) is 0 Å². The summed E-state index contributed by atoms with van der Waals surface area (Å²) in [5.74, 6) is 0.421. The highest BCUT2D eigenvalue weighted by Gasteiger charge is 2.58. The fourth-order valence-electron chi connectivity index (χ4n) is 3.88. The van der Waals surface area contributed by atoms with E-state index in [0.717, 1.165) is 35.7 Å². The lowest BCUT2D eigenvalue weighted by atomic mass is 9.75. The molecule has 2 fully saturated rings. The van der Waals surface area contributed by atoms with Gasteiger partial charge in [0.1, 0.15) is 11.4 Å². The Morgan fingerprint density at radius 1 is 1.19 bits per heavy atom. The van der Waals surface area contributed by atoms with Gasteiger partial charge in [0.25, 0.3) is 5.91 Å². The number of imide groups is 1. The van der Waals surface area contributed by atoms with Gasteiger partial charge in [-0.3, -0.25) is 10.1 Å². The van der Waals surface area contributed by atoms with Crippen molar-refractivity contribution in [1.82, 2.24) is 10.6 Å². The van der Waals surface area contributed by atoms with Crippen molar-refractivity contribution in [3.63, 3.8) is 0 Å². The van der Waals surface area contributed by atoms with Crippen molar-refractivity contribution in [3.8, 4) is 5.75 Å². The van der Waals surface area contributed by atoms with Crippen LogP contribution in [0.15, 0.2) is 22.7 Å². The number of hydrogen-bond donors (Lipinski definition) is 2. The zero-order chi connectivity index (χ0) is 14.7. The summed E-state index contributed by atoms with van der Waals surface area (Å²) in [6, 6.07) is 5.20. The zero-order valence-electron chi connectivity index (χ0n) is 11.4. The van der Waals surface area contributed by atoms with Crippen LogP contribution < -0.4 is 15.4 Å². The van der Waals surface area contributed by atoms with Crippen LogP contribution in [0.5, 0.6) is 5.75 Å². The molecule has 2 spiro atoms. The van der Waals surface area contributed by atoms with Crippen LogP contribution in [0.1, 0.15) is 37.7 Å². The predicted molar refractivity (Wildman–Crippen MR) is 78.9 cm³/mol. The van der Waals surface area contributed by atoms with E-state index in [1.54, 1.807) is 0 Å². The maximum Gasteiger partial charge on any atom is 0.322 e. The molecule has 3 amide bonds. The molecule has 1 aliphatic carbocycles. The van der Waals surface area contributed by atoms with Gasteiger partial charge in [-0.1, -0.05) is 15.9 Å². The zero-order valence-corrected chi connectivity index (χ0v) is 13.0. The highest BCUT2D eigenvalue weighted by atomic mass is 79.9. The first kappa shape index (κ1) is 13.1. The van der Waals surface area contributed by atoms with Gasteiger partial charge in [0.2, 0.25) is 0 Å². The third-order valence-corrected chi connectivity index (χ3v) is 5.26. The summed E-state index contributed by atoms with van der Waals surface area (Å²) in [4.78, 5) is 24.2. The fourth-order valence-corrected chi connectivity index (χ4v) is 4.24. The third kappa shape index (κ3) is 1.81. The number of carbonyl (C=O) groups excluding carboxylic acids is 2. The number of carbonyl (C=O) groups is 2. The van der Waals surface area contributed by atoms with Gasteiger partial charge in [-0.25, -0.2) is 4.79 Å². The maximum atomic E-state index is 12.5. The topological polar surface area (TPSA) is 67.4 Å². The Morgan fingerprint density at radius 3 is 2.62 bits per heavy atom. The predicted octanol–water partition coefficient (Wildman–Crippen LogP) is 2.58. The number of benzene rings is 1. The molecule has 21 heavy (non-hydrogen) atoms. The van der Waals surface area contributed by atoms with Gasteiger partial charge in [0, 0.05) is 16.5 Å². The summed E-state index contributed by atoms with van der Waals surface area (Å²) in [5.41, 5.74) is -0.605. The molecule has 2 aliphatic heterocycles. The molecule has 3 aliphatic rings. The van der Waals surface area contributed by atoms with Crippen molar-refractivity contribution in [1.29, 1.82) is 0 Å². The lowest BCUT2D eigenvalue weighted by Crippen LogP contribution is -2.54. The van der Waals surface area contributed by atoms with Crippen molar-refractivity contribution in [2.45, 2.75) is 43.2 Å². The van der Waals surface area contributed by atoms with Gasteiger partial charge >= 0.3 is 6.03 Å². The van der Waals surface area contributed by atoms with E-state index in [0.29, 0.717) is 12.2 Å². The SMILES string of the molecule is O=C1NC(=O)C2(CC3(CCCC3)Oc3ccc(Br)cc32)N1. The van der Waals surface area contributed by atoms with Crippen LogP contribution >= 0.6 is 15.9 Å². The van der Waals surface area contributed by atoms with Gasteiger partial charge in [-0.05, 0) is 43.9 Å². The van der Waals surface area contributed by atoms with Crippen LogP contribution in [0, 0.1) is 0 Å². The largest absolute Gasteiger partial charge is 0.487 e. The number of amides is 3. The van der Waals surface area contributed by atoms with Gasteiger partial charge in [-0.2, -0.15) is 0 Å². The molecule has 1 saturated heterocycles. The molecule has 0 bridgehead atoms. The molecule has 1 unspecified atom stereocenters. The standard InChI is InChI=1S/C15H15BrN2O3/c16-9-3-4-11-10(7-9)15(12(19)17-13(20)18-15)8-14(21-11)5-1-2-6-14/h3-4,7H,1-2,5-6,8H2,(H2,17,18,19,20). The second kappa shape index (κ2) is 4.22. The van der Waals surface area contributed by atoms with Crippen LogP contribution in [-0.4, -0.2) is 17.5 Å². The van der Waals surface area contributed by atoms with E-state index in [1.165, 1.54) is 0 Å². The molecule has 2 N–H and O–H groups in total. The lowest BCUT2D eigenvalue weighted by molar-refractivity contribution is -0.128. The van der Waals surface area contributed by atoms with E-state index in [9.17, 15) is 9.59 Å². The number of halogens is 1. The number of ether oxygens (including phenoxy) is 1. The first-order valence-electron chi connectivity index (χ1n) is 7.16. The average molecular weight is 351 g/mol. The van der Waals surface area contributed by atoms with E-state index >= 15 is 0 Å². The summed E-state index contributed by atoms with van der Waals surface area (Å²) in [6.45, 7) is 0. The molecule has 0 aromatic heterocycles. The van der Waals surface area contributed by atoms with Crippen molar-refractivity contribution in [3.05, 3.63) is 28.2 Å². The summed E-state index contributed by atoms with van der Waals surface area (Å²) in [6.07, 6.45) is 4.54. The van der Waals surface area contributed by atoms with Gasteiger partial charge in [0.15, 0.2) is 5.54 Å². The number of rotatable bonds is 0. The number of fused-ring (bicyclic) bond motifs is 2. The third-order valence-electron chi connectivity index (χ3n) is 4.77. The fraction of sp³-hybridized carbons (Fsp3) is 0.467. The molecule has 6 heteroatoms. The Hall–Kier alpha value is -1.56. The normalized spacial score (nSPS) is 29.2. The summed E-state index contributed by atoms with van der Waals surface area (Å²) in [7, 11) is 0. The molecule has 1 saturated carbocycles. The summed E-state index contributed by atoms with van der Waals surface area (Å²) in [5, 5.41) is 5.24. The van der Waals surface area contributed by atoms with E-state index in [4.69, 9.17) is 4.74 Å². The quantitative estimate of drug-likeness (QED) is 0.706. The van der Waals surface area contributed by atoms with Crippen molar-refractivity contribution >= 4 is 27.9 Å². The van der Waals surface area contributed by atoms with Crippen LogP contribution in [0.2, 0.25) is 0 Å². The Balaban J connectivity index is 1.91. The van der Waals surface area contributed by atoms with Crippen molar-refractivity contribution in [2.24, 2.45) is 0 Å². The van der Waals surface area contributed by atoms with E-state index in [2.05, 4.69) is 26.6 Å². The molecule has 1 aromatic carbocycles. The molecular weight excluding hydrogens is 336 g/mol. The molecular formula is C15H15BrN2O3. The lowest BCUT2D eigenvalue weighted by Gasteiger charge is -2.44. The Bertz CT molecular complexity index is 654. The number of urea groups is 1. The van der Waals surface area contributed by atoms with E-state index in [-0.39, 0.29) is 11.5 Å². The molecule has 4 rings (SSSR count). The summed E-state index contributed by atoms with van der Waals surface area (Å²) >= 11 is 3.43. The minimum Gasteiger partial charge on any atom is -0.487 e. The molecule has 0 radical (unpaired) electrons. The number of nitrogens with one attached hydrogen (secondary N) is 2. The van der Waals surface area contributed by atoms with Gasteiger partial charge < -0.3 is 10.1 Å². The first-order valence-corrected chi connectivity index (χ1v) is 7.95. The molecule has 5 nitrogen and oxygen atoms in total. The molecule has 2 heterocycles. The minimum absolute atomic E-state index is 0.276. The Kier molecular flexibility index (Phi) is 2.64. The van der Waals surface area contributed by atoms with Crippen molar-refractivity contribution < 1.29 is 14.3 Å². The Morgan fingerprint density at radius 2 is 1.95 bits per heavy atom. The van der Waals surface area contributed by atoms with E-state index < -0.39 is 11.6 Å².